The average Bonchev–Trinajstić information content (AvgIpc) is 2.38. The number of aliphatic imine (C=N–C) groups is 1. The zero-order chi connectivity index (χ0) is 14.7. The Morgan fingerprint density at radius 2 is 1.95 bits per heavy atom. The monoisotopic (exact) mass is 396 g/mol. The number of hydrogen-bond acceptors (Lipinski definition) is 2. The number of unbranched alkanes of at least 4 members (excludes halogenated alkanes) is 1. The maximum atomic E-state index is 11.4. The van der Waals surface area contributed by atoms with E-state index in [0.717, 1.165) is 25.3 Å². The molecule has 0 atom stereocenters. The number of guanidine groups is 1. The Labute approximate surface area is 140 Å². The van der Waals surface area contributed by atoms with E-state index in [4.69, 9.17) is 0 Å². The third kappa shape index (κ3) is 10.1. The predicted molar refractivity (Wildman–Crippen MR) is 96.7 cm³/mol. The molecule has 5 nitrogen and oxygen atoms in total. The molecule has 0 rings (SSSR count). The third-order valence-electron chi connectivity index (χ3n) is 2.71. The van der Waals surface area contributed by atoms with Crippen molar-refractivity contribution in [2.45, 2.75) is 26.7 Å². The number of nitrogens with zero attached hydrogens (tertiary/aromatic N) is 2. The number of halogens is 1. The van der Waals surface area contributed by atoms with Gasteiger partial charge < -0.3 is 15.5 Å². The first-order chi connectivity index (χ1) is 9.02. The summed E-state index contributed by atoms with van der Waals surface area (Å²) in [5.74, 6) is 0.958. The van der Waals surface area contributed by atoms with Gasteiger partial charge in [-0.05, 0) is 12.8 Å². The fourth-order valence-electron chi connectivity index (χ4n) is 1.53. The zero-order valence-corrected chi connectivity index (χ0v) is 15.4. The first-order valence-electron chi connectivity index (χ1n) is 6.83. The van der Waals surface area contributed by atoms with Gasteiger partial charge in [0.15, 0.2) is 5.96 Å². The molecule has 0 aromatic heterocycles. The summed E-state index contributed by atoms with van der Waals surface area (Å²) in [6, 6.07) is 0. The number of carbonyl (C=O) groups excluding carboxylic acids is 1. The summed E-state index contributed by atoms with van der Waals surface area (Å²) in [6.45, 7) is 9.70. The van der Waals surface area contributed by atoms with Crippen LogP contribution in [0, 0.1) is 5.92 Å². The SMILES string of the molecule is C=CCCCN(C)C(=NC)NCCNC(=O)C(C)C.I. The van der Waals surface area contributed by atoms with Crippen molar-refractivity contribution in [2.75, 3.05) is 33.7 Å². The van der Waals surface area contributed by atoms with Crippen LogP contribution < -0.4 is 10.6 Å². The molecule has 0 saturated carbocycles. The molecule has 20 heavy (non-hydrogen) atoms. The van der Waals surface area contributed by atoms with E-state index in [0.29, 0.717) is 13.1 Å². The van der Waals surface area contributed by atoms with Crippen molar-refractivity contribution in [3.8, 4) is 0 Å². The molecule has 0 heterocycles. The van der Waals surface area contributed by atoms with E-state index in [1.807, 2.05) is 27.0 Å². The van der Waals surface area contributed by atoms with Crippen LogP contribution in [0.4, 0.5) is 0 Å². The molecule has 0 aliphatic heterocycles. The minimum absolute atomic E-state index is 0. The number of rotatable bonds is 8. The fourth-order valence-corrected chi connectivity index (χ4v) is 1.53. The van der Waals surface area contributed by atoms with Gasteiger partial charge in [0, 0.05) is 39.6 Å². The second-order valence-corrected chi connectivity index (χ2v) is 4.77. The van der Waals surface area contributed by atoms with Gasteiger partial charge in [-0.1, -0.05) is 19.9 Å². The molecular weight excluding hydrogens is 367 g/mol. The van der Waals surface area contributed by atoms with Gasteiger partial charge in [0.2, 0.25) is 5.91 Å². The fraction of sp³-hybridized carbons (Fsp3) is 0.714. The first kappa shape index (κ1) is 21.5. The number of hydrogen-bond donors (Lipinski definition) is 2. The van der Waals surface area contributed by atoms with Crippen LogP contribution in [0.2, 0.25) is 0 Å². The minimum atomic E-state index is 0. The lowest BCUT2D eigenvalue weighted by molar-refractivity contribution is -0.123. The topological polar surface area (TPSA) is 56.7 Å². The van der Waals surface area contributed by atoms with Crippen LogP contribution in [-0.2, 0) is 4.79 Å². The van der Waals surface area contributed by atoms with Crippen LogP contribution in [0.5, 0.6) is 0 Å². The molecule has 6 heteroatoms. The van der Waals surface area contributed by atoms with E-state index in [1.165, 1.54) is 0 Å². The van der Waals surface area contributed by atoms with E-state index in [9.17, 15) is 4.79 Å². The number of allylic oxidation sites excluding steroid dienone is 1. The van der Waals surface area contributed by atoms with Crippen molar-refractivity contribution in [3.05, 3.63) is 12.7 Å². The van der Waals surface area contributed by atoms with E-state index in [1.54, 1.807) is 7.05 Å². The molecule has 0 aliphatic rings. The predicted octanol–water partition coefficient (Wildman–Crippen LogP) is 1.85. The highest BCUT2D eigenvalue weighted by Crippen LogP contribution is 1.94. The van der Waals surface area contributed by atoms with Crippen LogP contribution in [0.1, 0.15) is 26.7 Å². The Kier molecular flexibility index (Phi) is 14.2. The molecule has 2 N–H and O–H groups in total. The molecule has 0 radical (unpaired) electrons. The smallest absolute Gasteiger partial charge is 0.222 e. The summed E-state index contributed by atoms with van der Waals surface area (Å²) >= 11 is 0. The lowest BCUT2D eigenvalue weighted by Crippen LogP contribution is -2.43. The van der Waals surface area contributed by atoms with Gasteiger partial charge in [0.25, 0.3) is 0 Å². The molecule has 0 aromatic rings. The molecule has 0 fully saturated rings. The minimum Gasteiger partial charge on any atom is -0.354 e. The Hall–Kier alpha value is -0.790. The molecule has 118 valence electrons. The van der Waals surface area contributed by atoms with Crippen molar-refractivity contribution in [1.29, 1.82) is 0 Å². The highest BCUT2D eigenvalue weighted by Gasteiger charge is 2.06. The average molecular weight is 396 g/mol. The summed E-state index contributed by atoms with van der Waals surface area (Å²) in [4.78, 5) is 17.7. The standard InChI is InChI=1S/C14H28N4O.HI/c1-6-7-8-11-18(5)14(15-4)17-10-9-16-13(19)12(2)3;/h6,12H,1,7-11H2,2-5H3,(H,15,17)(H,16,19);1H. The third-order valence-corrected chi connectivity index (χ3v) is 2.71. The van der Waals surface area contributed by atoms with E-state index in [2.05, 4.69) is 27.1 Å². The van der Waals surface area contributed by atoms with E-state index in [-0.39, 0.29) is 35.8 Å². The molecule has 0 saturated heterocycles. The van der Waals surface area contributed by atoms with E-state index >= 15 is 0 Å². The summed E-state index contributed by atoms with van der Waals surface area (Å²) in [5.41, 5.74) is 0. The van der Waals surface area contributed by atoms with Gasteiger partial charge in [-0.3, -0.25) is 9.79 Å². The Balaban J connectivity index is 0. The summed E-state index contributed by atoms with van der Waals surface area (Å²) in [6.07, 6.45) is 3.99. The van der Waals surface area contributed by atoms with Crippen molar-refractivity contribution in [2.24, 2.45) is 10.9 Å². The molecular formula is C14H29IN4O. The number of carbonyl (C=O) groups is 1. The lowest BCUT2D eigenvalue weighted by atomic mass is 10.2. The van der Waals surface area contributed by atoms with Gasteiger partial charge in [0.1, 0.15) is 0 Å². The second-order valence-electron chi connectivity index (χ2n) is 4.77. The normalized spacial score (nSPS) is 10.8. The summed E-state index contributed by atoms with van der Waals surface area (Å²) in [7, 11) is 3.77. The second kappa shape index (κ2) is 13.2. The largest absolute Gasteiger partial charge is 0.354 e. The van der Waals surface area contributed by atoms with Crippen LogP contribution in [0.3, 0.4) is 0 Å². The molecule has 1 amide bonds. The quantitative estimate of drug-likeness (QED) is 0.217. The highest BCUT2D eigenvalue weighted by molar-refractivity contribution is 14.0. The molecule has 0 aromatic carbocycles. The Morgan fingerprint density at radius 3 is 2.45 bits per heavy atom. The van der Waals surface area contributed by atoms with Gasteiger partial charge >= 0.3 is 0 Å². The van der Waals surface area contributed by atoms with Crippen LogP contribution in [0.25, 0.3) is 0 Å². The van der Waals surface area contributed by atoms with Crippen molar-refractivity contribution in [1.82, 2.24) is 15.5 Å². The lowest BCUT2D eigenvalue weighted by Gasteiger charge is -2.22. The van der Waals surface area contributed by atoms with Crippen molar-refractivity contribution >= 4 is 35.8 Å². The van der Waals surface area contributed by atoms with Crippen molar-refractivity contribution in [3.63, 3.8) is 0 Å². The van der Waals surface area contributed by atoms with Crippen LogP contribution in [0.15, 0.2) is 17.6 Å². The molecule has 0 aliphatic carbocycles. The van der Waals surface area contributed by atoms with E-state index < -0.39 is 0 Å². The molecule has 0 spiro atoms. The molecule has 0 bridgehead atoms. The Morgan fingerprint density at radius 1 is 1.35 bits per heavy atom. The van der Waals surface area contributed by atoms with Crippen molar-refractivity contribution < 1.29 is 4.79 Å². The maximum absolute atomic E-state index is 11.4. The summed E-state index contributed by atoms with van der Waals surface area (Å²) in [5, 5.41) is 6.09. The van der Waals surface area contributed by atoms with Crippen LogP contribution in [-0.4, -0.2) is 50.5 Å². The maximum Gasteiger partial charge on any atom is 0.222 e. The summed E-state index contributed by atoms with van der Waals surface area (Å²) < 4.78 is 0. The molecule has 0 unspecified atom stereocenters. The van der Waals surface area contributed by atoms with Crippen LogP contribution >= 0.6 is 24.0 Å². The van der Waals surface area contributed by atoms with Gasteiger partial charge in [0.05, 0.1) is 0 Å². The zero-order valence-electron chi connectivity index (χ0n) is 13.1. The Bertz CT molecular complexity index is 306. The van der Waals surface area contributed by atoms with Gasteiger partial charge in [-0.25, -0.2) is 0 Å². The van der Waals surface area contributed by atoms with Gasteiger partial charge in [-0.2, -0.15) is 0 Å². The van der Waals surface area contributed by atoms with Gasteiger partial charge in [-0.15, -0.1) is 30.6 Å². The number of nitrogens with one attached hydrogen (secondary N) is 2. The first-order valence-corrected chi connectivity index (χ1v) is 6.83. The highest BCUT2D eigenvalue weighted by atomic mass is 127. The number of amides is 1.